The lowest BCUT2D eigenvalue weighted by Crippen LogP contribution is -2.31. The summed E-state index contributed by atoms with van der Waals surface area (Å²) in [6.07, 6.45) is 1.36. The molecular formula is C26H21FN2O4S. The Kier molecular flexibility index (Phi) is 5.13. The molecule has 2 aromatic heterocycles. The molecule has 3 heterocycles. The zero-order valence-electron chi connectivity index (χ0n) is 18.7. The Morgan fingerprint density at radius 3 is 2.53 bits per heavy atom. The summed E-state index contributed by atoms with van der Waals surface area (Å²) in [7, 11) is 0. The Bertz CT molecular complexity index is 1450. The number of carbonyl (C=O) groups excluding carboxylic acids is 2. The number of Topliss-reactive ketones (excluding diaryl/α,β-unsaturated/α-hetero) is 1. The number of thiazole rings is 1. The van der Waals surface area contributed by atoms with E-state index >= 15 is 0 Å². The summed E-state index contributed by atoms with van der Waals surface area (Å²) in [5, 5.41) is 11.1. The lowest BCUT2D eigenvalue weighted by molar-refractivity contribution is -0.117. The Hall–Kier alpha value is -3.78. The number of furan rings is 1. The average molecular weight is 477 g/mol. The van der Waals surface area contributed by atoms with Crippen molar-refractivity contribution in [1.29, 1.82) is 0 Å². The lowest BCUT2D eigenvalue weighted by atomic mass is 9.85. The maximum Gasteiger partial charge on any atom is 0.296 e. The molecule has 0 aliphatic carbocycles. The number of aliphatic hydroxyl groups is 1. The third kappa shape index (κ3) is 3.60. The van der Waals surface area contributed by atoms with E-state index in [-0.39, 0.29) is 21.9 Å². The van der Waals surface area contributed by atoms with Gasteiger partial charge in [0.2, 0.25) is 5.78 Å². The molecule has 1 amide bonds. The highest BCUT2D eigenvalue weighted by molar-refractivity contribution is 7.22. The number of hydrogen-bond donors (Lipinski definition) is 1. The number of benzene rings is 2. The first-order valence-corrected chi connectivity index (χ1v) is 11.5. The topological polar surface area (TPSA) is 83.6 Å². The number of aliphatic hydroxyl groups excluding tert-OH is 1. The molecule has 6 nitrogen and oxygen atoms in total. The molecule has 0 fully saturated rings. The summed E-state index contributed by atoms with van der Waals surface area (Å²) in [6.45, 7) is 6.27. The van der Waals surface area contributed by atoms with Gasteiger partial charge in [-0.1, -0.05) is 56.4 Å². The van der Waals surface area contributed by atoms with Crippen LogP contribution in [0.3, 0.4) is 0 Å². The molecule has 0 radical (unpaired) electrons. The Morgan fingerprint density at radius 1 is 1.15 bits per heavy atom. The molecule has 5 rings (SSSR count). The first-order chi connectivity index (χ1) is 16.1. The summed E-state index contributed by atoms with van der Waals surface area (Å²) in [5.41, 5.74) is 2.04. The van der Waals surface area contributed by atoms with Crippen molar-refractivity contribution < 1.29 is 23.5 Å². The first kappa shape index (κ1) is 22.0. The van der Waals surface area contributed by atoms with E-state index in [0.717, 1.165) is 16.9 Å². The summed E-state index contributed by atoms with van der Waals surface area (Å²) in [6, 6.07) is 13.8. The van der Waals surface area contributed by atoms with Gasteiger partial charge in [-0.2, -0.15) is 0 Å². The molecule has 0 bridgehead atoms. The van der Waals surface area contributed by atoms with Crippen molar-refractivity contribution in [3.63, 3.8) is 0 Å². The van der Waals surface area contributed by atoms with Crippen LogP contribution in [-0.2, 0) is 10.2 Å². The van der Waals surface area contributed by atoms with Crippen LogP contribution in [0.5, 0.6) is 0 Å². The third-order valence-electron chi connectivity index (χ3n) is 5.84. The molecule has 8 heteroatoms. The smallest absolute Gasteiger partial charge is 0.296 e. The van der Waals surface area contributed by atoms with Crippen molar-refractivity contribution in [3.8, 4) is 0 Å². The van der Waals surface area contributed by atoms with E-state index in [2.05, 4.69) is 25.8 Å². The average Bonchev–Trinajstić information content (AvgIpc) is 3.52. The van der Waals surface area contributed by atoms with Crippen LogP contribution in [0.2, 0.25) is 0 Å². The number of fused-ring (bicyclic) bond motifs is 1. The van der Waals surface area contributed by atoms with Crippen LogP contribution in [0.4, 0.5) is 9.52 Å². The summed E-state index contributed by atoms with van der Waals surface area (Å²) in [5.74, 6) is -2.40. The minimum absolute atomic E-state index is 0.0129. The number of rotatable bonds is 4. The van der Waals surface area contributed by atoms with Crippen LogP contribution in [0.15, 0.2) is 76.6 Å². The maximum atomic E-state index is 13.8. The predicted molar refractivity (Wildman–Crippen MR) is 128 cm³/mol. The first-order valence-electron chi connectivity index (χ1n) is 10.7. The predicted octanol–water partition coefficient (Wildman–Crippen LogP) is 6.11. The van der Waals surface area contributed by atoms with Crippen molar-refractivity contribution in [2.24, 2.45) is 0 Å². The van der Waals surface area contributed by atoms with Crippen molar-refractivity contribution in [3.05, 3.63) is 94.9 Å². The van der Waals surface area contributed by atoms with Gasteiger partial charge in [0.05, 0.1) is 28.1 Å². The van der Waals surface area contributed by atoms with E-state index in [4.69, 9.17) is 4.42 Å². The van der Waals surface area contributed by atoms with Crippen molar-refractivity contribution in [1.82, 2.24) is 4.98 Å². The van der Waals surface area contributed by atoms with Gasteiger partial charge in [-0.05, 0) is 46.9 Å². The molecule has 0 spiro atoms. The van der Waals surface area contributed by atoms with Gasteiger partial charge in [-0.15, -0.1) is 0 Å². The summed E-state index contributed by atoms with van der Waals surface area (Å²) >= 11 is 1.11. The van der Waals surface area contributed by atoms with Gasteiger partial charge < -0.3 is 9.52 Å². The van der Waals surface area contributed by atoms with E-state index in [9.17, 15) is 19.1 Å². The summed E-state index contributed by atoms with van der Waals surface area (Å²) in [4.78, 5) is 32.4. The van der Waals surface area contributed by atoms with Crippen molar-refractivity contribution >= 4 is 38.4 Å². The highest BCUT2D eigenvalue weighted by Gasteiger charge is 2.46. The Labute approximate surface area is 199 Å². The number of carbonyl (C=O) groups is 2. The van der Waals surface area contributed by atoms with Crippen molar-refractivity contribution in [2.45, 2.75) is 32.2 Å². The van der Waals surface area contributed by atoms with E-state index in [1.165, 1.54) is 35.4 Å². The second-order valence-corrected chi connectivity index (χ2v) is 10.1. The zero-order chi connectivity index (χ0) is 24.2. The van der Waals surface area contributed by atoms with E-state index < -0.39 is 29.3 Å². The van der Waals surface area contributed by atoms with E-state index in [0.29, 0.717) is 15.8 Å². The van der Waals surface area contributed by atoms with Gasteiger partial charge in [0.15, 0.2) is 16.7 Å². The lowest BCUT2D eigenvalue weighted by Gasteiger charge is -2.25. The largest absolute Gasteiger partial charge is 0.503 e. The number of anilines is 1. The molecule has 1 aliphatic heterocycles. The maximum absolute atomic E-state index is 13.8. The standard InChI is InChI=1S/C26H21FN2O4S/c1-26(2,3)15-8-6-14(7-9-15)21-20(22(30)18-5-4-12-33-18)23(31)24(32)29(21)25-28-17-11-10-16(27)13-19(17)34-25/h4-13,21,31H,1-3H3/t21-/m0/s1. The molecule has 2 aromatic carbocycles. The fraction of sp³-hybridized carbons (Fsp3) is 0.192. The molecule has 0 saturated carbocycles. The van der Waals surface area contributed by atoms with Gasteiger partial charge in [-0.25, -0.2) is 9.37 Å². The van der Waals surface area contributed by atoms with Gasteiger partial charge in [0.25, 0.3) is 5.91 Å². The van der Waals surface area contributed by atoms with Crippen LogP contribution in [0.1, 0.15) is 48.5 Å². The second kappa shape index (κ2) is 7.92. The number of ketones is 1. The minimum atomic E-state index is -0.926. The third-order valence-corrected chi connectivity index (χ3v) is 6.85. The minimum Gasteiger partial charge on any atom is -0.503 e. The van der Waals surface area contributed by atoms with Gasteiger partial charge in [0, 0.05) is 0 Å². The number of hydrogen-bond acceptors (Lipinski definition) is 6. The fourth-order valence-electron chi connectivity index (χ4n) is 4.05. The Balaban J connectivity index is 1.67. The molecule has 34 heavy (non-hydrogen) atoms. The molecule has 1 atom stereocenters. The number of aromatic nitrogens is 1. The molecule has 4 aromatic rings. The van der Waals surface area contributed by atoms with E-state index in [1.807, 2.05) is 24.3 Å². The molecule has 1 N–H and O–H groups in total. The number of halogens is 1. The number of amides is 1. The van der Waals surface area contributed by atoms with Crippen LogP contribution in [-0.4, -0.2) is 21.8 Å². The van der Waals surface area contributed by atoms with Crippen LogP contribution in [0.25, 0.3) is 10.2 Å². The normalized spacial score (nSPS) is 16.6. The van der Waals surface area contributed by atoms with Crippen molar-refractivity contribution in [2.75, 3.05) is 4.90 Å². The van der Waals surface area contributed by atoms with Crippen LogP contribution < -0.4 is 4.90 Å². The van der Waals surface area contributed by atoms with Crippen LogP contribution >= 0.6 is 11.3 Å². The van der Waals surface area contributed by atoms with Gasteiger partial charge in [0.1, 0.15) is 5.82 Å². The quantitative estimate of drug-likeness (QED) is 0.359. The SMILES string of the molecule is CC(C)(C)c1ccc([C@H]2C(C(=O)c3ccco3)=C(O)C(=O)N2c2nc3ccc(F)cc3s2)cc1. The highest BCUT2D eigenvalue weighted by atomic mass is 32.1. The Morgan fingerprint density at radius 2 is 1.88 bits per heavy atom. The van der Waals surface area contributed by atoms with Gasteiger partial charge in [-0.3, -0.25) is 14.5 Å². The fourth-order valence-corrected chi connectivity index (χ4v) is 5.06. The molecule has 1 aliphatic rings. The molecule has 172 valence electrons. The second-order valence-electron chi connectivity index (χ2n) is 9.13. The van der Waals surface area contributed by atoms with Gasteiger partial charge >= 0.3 is 0 Å². The number of nitrogens with zero attached hydrogens (tertiary/aromatic N) is 2. The highest BCUT2D eigenvalue weighted by Crippen LogP contribution is 2.44. The summed E-state index contributed by atoms with van der Waals surface area (Å²) < 4.78 is 19.6. The monoisotopic (exact) mass is 476 g/mol. The van der Waals surface area contributed by atoms with Crippen LogP contribution in [0, 0.1) is 5.82 Å². The zero-order valence-corrected chi connectivity index (χ0v) is 19.5. The molecular weight excluding hydrogens is 455 g/mol. The van der Waals surface area contributed by atoms with E-state index in [1.54, 1.807) is 6.07 Å². The molecule has 0 saturated heterocycles. The molecule has 0 unspecified atom stereocenters.